The Bertz CT molecular complexity index is 173. The summed E-state index contributed by atoms with van der Waals surface area (Å²) in [7, 11) is 0. The van der Waals surface area contributed by atoms with Crippen molar-refractivity contribution in [2.45, 2.75) is 39.5 Å². The second-order valence-electron chi connectivity index (χ2n) is 3.90. The van der Waals surface area contributed by atoms with E-state index in [2.05, 4.69) is 0 Å². The maximum atomic E-state index is 12.1. The van der Waals surface area contributed by atoms with E-state index in [0.29, 0.717) is 6.54 Å². The van der Waals surface area contributed by atoms with Gasteiger partial charge in [-0.2, -0.15) is 13.2 Å². The number of alkyl halides is 3. The van der Waals surface area contributed by atoms with Crippen molar-refractivity contribution in [3.05, 3.63) is 0 Å². The minimum atomic E-state index is -4.19. The molecule has 0 amide bonds. The van der Waals surface area contributed by atoms with Gasteiger partial charge in [0.25, 0.3) is 0 Å². The van der Waals surface area contributed by atoms with Crippen LogP contribution in [0.15, 0.2) is 0 Å². The van der Waals surface area contributed by atoms with Gasteiger partial charge in [-0.15, -0.1) is 0 Å². The molecule has 0 rings (SSSR count). The Kier molecular flexibility index (Phi) is 6.20. The topological polar surface area (TPSA) is 23.5 Å². The van der Waals surface area contributed by atoms with E-state index in [4.69, 9.17) is 0 Å². The van der Waals surface area contributed by atoms with Crippen molar-refractivity contribution in [2.75, 3.05) is 19.6 Å². The van der Waals surface area contributed by atoms with E-state index in [1.165, 1.54) is 4.90 Å². The number of aliphatic hydroxyl groups excluding tert-OH is 1. The SMILES string of the molecule is CCC(C)C(O)CN(CC)CC(F)(F)F. The maximum Gasteiger partial charge on any atom is 0.401 e. The number of hydrogen-bond acceptors (Lipinski definition) is 2. The first-order valence-electron chi connectivity index (χ1n) is 5.27. The number of rotatable bonds is 6. The summed E-state index contributed by atoms with van der Waals surface area (Å²) in [4.78, 5) is 1.22. The monoisotopic (exact) mass is 227 g/mol. The predicted octanol–water partition coefficient (Wildman–Crippen LogP) is 2.28. The normalized spacial score (nSPS) is 16.8. The maximum absolute atomic E-state index is 12.1. The van der Waals surface area contributed by atoms with Crippen LogP contribution in [0.5, 0.6) is 0 Å². The quantitative estimate of drug-likeness (QED) is 0.752. The van der Waals surface area contributed by atoms with E-state index >= 15 is 0 Å². The van der Waals surface area contributed by atoms with Gasteiger partial charge >= 0.3 is 6.18 Å². The van der Waals surface area contributed by atoms with E-state index in [1.54, 1.807) is 6.92 Å². The molecule has 0 aromatic carbocycles. The van der Waals surface area contributed by atoms with Crippen LogP contribution in [0.2, 0.25) is 0 Å². The van der Waals surface area contributed by atoms with Gasteiger partial charge in [-0.1, -0.05) is 27.2 Å². The molecule has 92 valence electrons. The highest BCUT2D eigenvalue weighted by molar-refractivity contribution is 4.70. The molecular weight excluding hydrogens is 207 g/mol. The molecule has 2 atom stereocenters. The van der Waals surface area contributed by atoms with Crippen LogP contribution >= 0.6 is 0 Å². The van der Waals surface area contributed by atoms with E-state index in [-0.39, 0.29) is 12.5 Å². The standard InChI is InChI=1S/C10H20F3NO/c1-4-8(3)9(15)6-14(5-2)7-10(11,12)13/h8-9,15H,4-7H2,1-3H3. The fourth-order valence-corrected chi connectivity index (χ4v) is 1.28. The average molecular weight is 227 g/mol. The fourth-order valence-electron chi connectivity index (χ4n) is 1.28. The molecule has 0 bridgehead atoms. The Morgan fingerprint density at radius 1 is 1.27 bits per heavy atom. The molecular formula is C10H20F3NO. The first-order chi connectivity index (χ1) is 6.80. The second kappa shape index (κ2) is 6.33. The van der Waals surface area contributed by atoms with Crippen LogP contribution in [-0.4, -0.2) is 41.9 Å². The Morgan fingerprint density at radius 2 is 1.80 bits per heavy atom. The summed E-state index contributed by atoms with van der Waals surface area (Å²) in [5, 5.41) is 9.61. The molecule has 0 saturated carbocycles. The number of nitrogens with zero attached hydrogens (tertiary/aromatic N) is 1. The molecule has 0 aliphatic heterocycles. The molecule has 2 nitrogen and oxygen atoms in total. The number of aliphatic hydroxyl groups is 1. The highest BCUT2D eigenvalue weighted by Crippen LogP contribution is 2.17. The van der Waals surface area contributed by atoms with Gasteiger partial charge in [0, 0.05) is 6.54 Å². The molecule has 0 aromatic rings. The third kappa shape index (κ3) is 6.73. The molecule has 15 heavy (non-hydrogen) atoms. The minimum Gasteiger partial charge on any atom is -0.392 e. The lowest BCUT2D eigenvalue weighted by Gasteiger charge is -2.27. The summed E-state index contributed by atoms with van der Waals surface area (Å²) in [6, 6.07) is 0. The van der Waals surface area contributed by atoms with Gasteiger partial charge in [-0.3, -0.25) is 4.90 Å². The molecule has 5 heteroatoms. The largest absolute Gasteiger partial charge is 0.401 e. The van der Waals surface area contributed by atoms with Gasteiger partial charge in [-0.05, 0) is 12.5 Å². The Balaban J connectivity index is 4.09. The van der Waals surface area contributed by atoms with Crippen LogP contribution in [0.3, 0.4) is 0 Å². The number of hydrogen-bond donors (Lipinski definition) is 1. The molecule has 2 unspecified atom stereocenters. The average Bonchev–Trinajstić information content (AvgIpc) is 2.13. The number of halogens is 3. The summed E-state index contributed by atoms with van der Waals surface area (Å²) >= 11 is 0. The van der Waals surface area contributed by atoms with Crippen molar-refractivity contribution in [3.8, 4) is 0 Å². The van der Waals surface area contributed by atoms with Crippen molar-refractivity contribution in [1.82, 2.24) is 4.90 Å². The van der Waals surface area contributed by atoms with Crippen molar-refractivity contribution < 1.29 is 18.3 Å². The Morgan fingerprint density at radius 3 is 2.13 bits per heavy atom. The van der Waals surface area contributed by atoms with Crippen molar-refractivity contribution in [3.63, 3.8) is 0 Å². The molecule has 0 aliphatic rings. The summed E-state index contributed by atoms with van der Waals surface area (Å²) in [6.45, 7) is 4.85. The van der Waals surface area contributed by atoms with Crippen molar-refractivity contribution in [1.29, 1.82) is 0 Å². The van der Waals surface area contributed by atoms with Gasteiger partial charge in [0.1, 0.15) is 0 Å². The van der Waals surface area contributed by atoms with Crippen LogP contribution in [-0.2, 0) is 0 Å². The third-order valence-corrected chi connectivity index (χ3v) is 2.60. The van der Waals surface area contributed by atoms with E-state index in [0.717, 1.165) is 6.42 Å². The molecule has 0 radical (unpaired) electrons. The van der Waals surface area contributed by atoms with Gasteiger partial charge in [0.2, 0.25) is 0 Å². The number of likely N-dealkylation sites (N-methyl/N-ethyl adjacent to an activating group) is 1. The zero-order valence-corrected chi connectivity index (χ0v) is 9.51. The lowest BCUT2D eigenvalue weighted by molar-refractivity contribution is -0.148. The zero-order valence-electron chi connectivity index (χ0n) is 9.51. The second-order valence-corrected chi connectivity index (χ2v) is 3.90. The van der Waals surface area contributed by atoms with Crippen molar-refractivity contribution in [2.24, 2.45) is 5.92 Å². The van der Waals surface area contributed by atoms with E-state index in [9.17, 15) is 18.3 Å². The minimum absolute atomic E-state index is 0.0345. The molecule has 0 aliphatic carbocycles. The molecule has 0 aromatic heterocycles. The van der Waals surface area contributed by atoms with Crippen LogP contribution in [0.25, 0.3) is 0 Å². The first-order valence-corrected chi connectivity index (χ1v) is 5.27. The van der Waals surface area contributed by atoms with Crippen LogP contribution < -0.4 is 0 Å². The highest BCUT2D eigenvalue weighted by Gasteiger charge is 2.31. The molecule has 0 saturated heterocycles. The van der Waals surface area contributed by atoms with Gasteiger partial charge in [-0.25, -0.2) is 0 Å². The highest BCUT2D eigenvalue weighted by atomic mass is 19.4. The summed E-state index contributed by atoms with van der Waals surface area (Å²) < 4.78 is 36.3. The molecule has 0 heterocycles. The van der Waals surface area contributed by atoms with Crippen LogP contribution in [0.4, 0.5) is 13.2 Å². The Labute approximate surface area is 89.1 Å². The Hall–Kier alpha value is -0.290. The van der Waals surface area contributed by atoms with E-state index < -0.39 is 18.8 Å². The fraction of sp³-hybridized carbons (Fsp3) is 1.00. The van der Waals surface area contributed by atoms with Crippen LogP contribution in [0.1, 0.15) is 27.2 Å². The third-order valence-electron chi connectivity index (χ3n) is 2.60. The predicted molar refractivity (Wildman–Crippen MR) is 53.6 cm³/mol. The molecule has 0 fully saturated rings. The lowest BCUT2D eigenvalue weighted by Crippen LogP contribution is -2.41. The lowest BCUT2D eigenvalue weighted by atomic mass is 10.0. The summed E-state index contributed by atoms with van der Waals surface area (Å²) in [5.74, 6) is 0.0345. The van der Waals surface area contributed by atoms with Crippen LogP contribution in [0, 0.1) is 5.92 Å². The van der Waals surface area contributed by atoms with E-state index in [1.807, 2.05) is 13.8 Å². The summed E-state index contributed by atoms with van der Waals surface area (Å²) in [5.41, 5.74) is 0. The molecule has 1 N–H and O–H groups in total. The summed E-state index contributed by atoms with van der Waals surface area (Å²) in [6.07, 6.45) is -4.10. The van der Waals surface area contributed by atoms with Crippen molar-refractivity contribution >= 4 is 0 Å². The van der Waals surface area contributed by atoms with Gasteiger partial charge in [0.15, 0.2) is 0 Å². The van der Waals surface area contributed by atoms with Gasteiger partial charge in [0.05, 0.1) is 12.6 Å². The van der Waals surface area contributed by atoms with Gasteiger partial charge < -0.3 is 5.11 Å². The first kappa shape index (κ1) is 14.7. The zero-order chi connectivity index (χ0) is 12.1. The molecule has 0 spiro atoms. The smallest absolute Gasteiger partial charge is 0.392 e.